The molecule has 1 aromatic heterocycles. The first kappa shape index (κ1) is 16.1. The third-order valence-corrected chi connectivity index (χ3v) is 4.61. The zero-order valence-corrected chi connectivity index (χ0v) is 14.0. The van der Waals surface area contributed by atoms with Crippen LogP contribution in [0.1, 0.15) is 48.7 Å². The van der Waals surface area contributed by atoms with Gasteiger partial charge < -0.3 is 5.32 Å². The van der Waals surface area contributed by atoms with Gasteiger partial charge >= 0.3 is 0 Å². The summed E-state index contributed by atoms with van der Waals surface area (Å²) < 4.78 is 0. The van der Waals surface area contributed by atoms with E-state index in [1.165, 1.54) is 5.56 Å². The molecule has 0 amide bonds. The molecule has 3 nitrogen and oxygen atoms in total. The molecule has 1 N–H and O–H groups in total. The summed E-state index contributed by atoms with van der Waals surface area (Å²) in [6.45, 7) is 8.81. The summed E-state index contributed by atoms with van der Waals surface area (Å²) in [6.07, 6.45) is 2.14. The summed E-state index contributed by atoms with van der Waals surface area (Å²) >= 11 is 1.75. The van der Waals surface area contributed by atoms with E-state index in [2.05, 4.69) is 60.6 Å². The predicted molar refractivity (Wildman–Crippen MR) is 89.9 cm³/mol. The van der Waals surface area contributed by atoms with Gasteiger partial charge in [0.15, 0.2) is 0 Å². The fraction of sp³-hybridized carbons (Fsp3) is 0.529. The molecule has 0 fully saturated rings. The van der Waals surface area contributed by atoms with Gasteiger partial charge in [-0.2, -0.15) is 0 Å². The Morgan fingerprint density at radius 2 is 1.86 bits per heavy atom. The molecule has 0 saturated carbocycles. The molecular weight excluding hydrogens is 278 g/mol. The second-order valence-corrected chi connectivity index (χ2v) is 6.96. The number of benzene rings is 1. The van der Waals surface area contributed by atoms with Gasteiger partial charge in [0, 0.05) is 12.3 Å². The lowest BCUT2D eigenvalue weighted by Gasteiger charge is -2.07. The monoisotopic (exact) mass is 303 g/mol. The summed E-state index contributed by atoms with van der Waals surface area (Å²) in [7, 11) is 0. The normalized spacial score (nSPS) is 12.8. The second kappa shape index (κ2) is 8.25. The van der Waals surface area contributed by atoms with E-state index in [-0.39, 0.29) is 0 Å². The van der Waals surface area contributed by atoms with Crippen LogP contribution < -0.4 is 5.32 Å². The Kier molecular flexibility index (Phi) is 6.33. The number of nitrogens with zero attached hydrogens (tertiary/aromatic N) is 2. The number of rotatable bonds is 8. The maximum absolute atomic E-state index is 4.37. The van der Waals surface area contributed by atoms with E-state index in [1.807, 2.05) is 6.07 Å². The van der Waals surface area contributed by atoms with E-state index in [1.54, 1.807) is 11.3 Å². The Labute approximate surface area is 131 Å². The van der Waals surface area contributed by atoms with Crippen LogP contribution in [0.4, 0.5) is 0 Å². The van der Waals surface area contributed by atoms with Gasteiger partial charge in [0.2, 0.25) is 0 Å². The highest BCUT2D eigenvalue weighted by Gasteiger charge is 2.13. The standard InChI is InChI=1S/C17H25N3S/c1-13(2)12-18-11-7-10-16-19-20-17(21-16)14(3)15-8-5-4-6-9-15/h4-6,8-9,13-14,18H,7,10-12H2,1-3H3. The van der Waals surface area contributed by atoms with Crippen LogP contribution >= 0.6 is 11.3 Å². The lowest BCUT2D eigenvalue weighted by molar-refractivity contribution is 0.542. The van der Waals surface area contributed by atoms with Crippen LogP contribution in [0.15, 0.2) is 30.3 Å². The highest BCUT2D eigenvalue weighted by atomic mass is 32.1. The zero-order chi connectivity index (χ0) is 15.1. The predicted octanol–water partition coefficient (Wildman–Crippen LogP) is 3.87. The molecule has 4 heteroatoms. The van der Waals surface area contributed by atoms with Gasteiger partial charge in [0.1, 0.15) is 10.0 Å². The average molecular weight is 303 g/mol. The maximum Gasteiger partial charge on any atom is 0.124 e. The van der Waals surface area contributed by atoms with Crippen molar-refractivity contribution in [3.8, 4) is 0 Å². The van der Waals surface area contributed by atoms with Gasteiger partial charge in [-0.05, 0) is 31.0 Å². The molecule has 114 valence electrons. The SMILES string of the molecule is CC(C)CNCCCc1nnc(C(C)c2ccccc2)s1. The minimum atomic E-state index is 0.330. The fourth-order valence-electron chi connectivity index (χ4n) is 2.18. The molecule has 1 unspecified atom stereocenters. The Balaban J connectivity index is 1.81. The minimum absolute atomic E-state index is 0.330. The van der Waals surface area contributed by atoms with E-state index >= 15 is 0 Å². The number of aromatic nitrogens is 2. The first-order valence-corrected chi connectivity index (χ1v) is 8.56. The van der Waals surface area contributed by atoms with Crippen LogP contribution in [0.25, 0.3) is 0 Å². The fourth-order valence-corrected chi connectivity index (χ4v) is 3.15. The average Bonchev–Trinajstić information content (AvgIpc) is 2.95. The Morgan fingerprint density at radius 1 is 1.10 bits per heavy atom. The molecule has 1 atom stereocenters. The summed E-state index contributed by atoms with van der Waals surface area (Å²) in [5.74, 6) is 1.04. The number of nitrogens with one attached hydrogen (secondary N) is 1. The van der Waals surface area contributed by atoms with Crippen molar-refractivity contribution in [1.82, 2.24) is 15.5 Å². The molecule has 0 saturated heterocycles. The maximum atomic E-state index is 4.37. The molecule has 0 bridgehead atoms. The van der Waals surface area contributed by atoms with Crippen molar-refractivity contribution < 1.29 is 0 Å². The third-order valence-electron chi connectivity index (χ3n) is 3.45. The van der Waals surface area contributed by atoms with Crippen LogP contribution in [-0.2, 0) is 6.42 Å². The van der Waals surface area contributed by atoms with E-state index in [9.17, 15) is 0 Å². The molecule has 0 spiro atoms. The molecule has 0 radical (unpaired) electrons. The van der Waals surface area contributed by atoms with Crippen LogP contribution in [0.5, 0.6) is 0 Å². The number of hydrogen-bond donors (Lipinski definition) is 1. The molecule has 1 aromatic carbocycles. The Morgan fingerprint density at radius 3 is 2.57 bits per heavy atom. The topological polar surface area (TPSA) is 37.8 Å². The van der Waals surface area contributed by atoms with Gasteiger partial charge in [-0.15, -0.1) is 21.5 Å². The highest BCUT2D eigenvalue weighted by molar-refractivity contribution is 7.11. The Bertz CT molecular complexity index is 522. The van der Waals surface area contributed by atoms with Crippen molar-refractivity contribution in [1.29, 1.82) is 0 Å². The third kappa shape index (κ3) is 5.21. The zero-order valence-electron chi connectivity index (χ0n) is 13.2. The van der Waals surface area contributed by atoms with Crippen LogP contribution in [-0.4, -0.2) is 23.3 Å². The van der Waals surface area contributed by atoms with Gasteiger partial charge in [-0.25, -0.2) is 0 Å². The van der Waals surface area contributed by atoms with Crippen LogP contribution in [0.3, 0.4) is 0 Å². The van der Waals surface area contributed by atoms with Crippen molar-refractivity contribution in [2.45, 2.75) is 39.5 Å². The van der Waals surface area contributed by atoms with Gasteiger partial charge in [-0.3, -0.25) is 0 Å². The summed E-state index contributed by atoms with van der Waals surface area (Å²) in [5.41, 5.74) is 1.30. The van der Waals surface area contributed by atoms with Crippen LogP contribution in [0, 0.1) is 5.92 Å². The summed E-state index contributed by atoms with van der Waals surface area (Å²) in [5, 5.41) is 14.4. The first-order valence-electron chi connectivity index (χ1n) is 7.74. The minimum Gasteiger partial charge on any atom is -0.316 e. The molecule has 0 aliphatic rings. The van der Waals surface area contributed by atoms with E-state index < -0.39 is 0 Å². The first-order chi connectivity index (χ1) is 10.2. The van der Waals surface area contributed by atoms with Gasteiger partial charge in [0.25, 0.3) is 0 Å². The van der Waals surface area contributed by atoms with Crippen molar-refractivity contribution in [3.63, 3.8) is 0 Å². The molecular formula is C17H25N3S. The lowest BCUT2D eigenvalue weighted by atomic mass is 10.0. The largest absolute Gasteiger partial charge is 0.316 e. The lowest BCUT2D eigenvalue weighted by Crippen LogP contribution is -2.21. The molecule has 1 heterocycles. The van der Waals surface area contributed by atoms with Gasteiger partial charge in [-0.1, -0.05) is 51.1 Å². The Hall–Kier alpha value is -1.26. The van der Waals surface area contributed by atoms with E-state index in [0.29, 0.717) is 11.8 Å². The molecule has 2 rings (SSSR count). The van der Waals surface area contributed by atoms with Crippen molar-refractivity contribution in [2.24, 2.45) is 5.92 Å². The smallest absolute Gasteiger partial charge is 0.124 e. The quantitative estimate of drug-likeness (QED) is 0.752. The summed E-state index contributed by atoms with van der Waals surface area (Å²) in [4.78, 5) is 0. The summed E-state index contributed by atoms with van der Waals surface area (Å²) in [6, 6.07) is 10.5. The highest BCUT2D eigenvalue weighted by Crippen LogP contribution is 2.26. The number of hydrogen-bond acceptors (Lipinski definition) is 4. The van der Waals surface area contributed by atoms with Crippen molar-refractivity contribution in [3.05, 3.63) is 45.9 Å². The van der Waals surface area contributed by atoms with Gasteiger partial charge in [0.05, 0.1) is 0 Å². The molecule has 2 aromatic rings. The number of aryl methyl sites for hydroxylation is 1. The van der Waals surface area contributed by atoms with Crippen molar-refractivity contribution >= 4 is 11.3 Å². The molecule has 21 heavy (non-hydrogen) atoms. The van der Waals surface area contributed by atoms with E-state index in [0.717, 1.165) is 35.9 Å². The molecule has 0 aliphatic heterocycles. The second-order valence-electron chi connectivity index (χ2n) is 5.87. The van der Waals surface area contributed by atoms with Crippen molar-refractivity contribution in [2.75, 3.05) is 13.1 Å². The van der Waals surface area contributed by atoms with Crippen LogP contribution in [0.2, 0.25) is 0 Å². The molecule has 0 aliphatic carbocycles. The van der Waals surface area contributed by atoms with E-state index in [4.69, 9.17) is 0 Å².